The Morgan fingerprint density at radius 1 is 0.464 bits per heavy atom. The Morgan fingerprint density at radius 2 is 1.09 bits per heavy atom. The monoisotopic (exact) mass is 719 g/mol. The molecule has 0 amide bonds. The first kappa shape index (κ1) is 33.2. The van der Waals surface area contributed by atoms with Gasteiger partial charge in [0.2, 0.25) is 0 Å². The molecule has 0 heterocycles. The highest BCUT2D eigenvalue weighted by molar-refractivity contribution is 6.00. The molecule has 0 radical (unpaired) electrons. The number of para-hydroxylation sites is 1. The number of benzene rings is 8. The summed E-state index contributed by atoms with van der Waals surface area (Å²) in [6.45, 7) is 2.25. The van der Waals surface area contributed by atoms with E-state index >= 15 is 0 Å². The van der Waals surface area contributed by atoms with Gasteiger partial charge in [-0.15, -0.1) is 0 Å². The first-order valence-corrected chi connectivity index (χ1v) is 20.5. The molecule has 1 heteroatoms. The Bertz CT molecular complexity index is 2700. The predicted octanol–water partition coefficient (Wildman–Crippen LogP) is 14.6. The molecule has 3 unspecified atom stereocenters. The predicted molar refractivity (Wildman–Crippen MR) is 234 cm³/mol. The molecule has 0 aromatic heterocycles. The molecule has 1 nitrogen and oxygen atoms in total. The van der Waals surface area contributed by atoms with Crippen LogP contribution in [0.5, 0.6) is 0 Å². The van der Waals surface area contributed by atoms with E-state index in [2.05, 4.69) is 200 Å². The minimum Gasteiger partial charge on any atom is -0.310 e. The van der Waals surface area contributed by atoms with Crippen molar-refractivity contribution in [3.05, 3.63) is 221 Å². The van der Waals surface area contributed by atoms with E-state index in [1.165, 1.54) is 109 Å². The van der Waals surface area contributed by atoms with Crippen LogP contribution < -0.4 is 4.90 Å². The SMILES string of the molecule is Cc1ccccc1-c1cc2ccccc2cc1N(c1ccc2c(c1)C(c1ccccc1)(c1ccccc1)c1ccccc1-2)c1ccccc1C1CC2CCC1C2. The molecule has 8 aromatic rings. The number of hydrogen-bond donors (Lipinski definition) is 0. The second kappa shape index (κ2) is 13.2. The fraction of sp³-hybridized carbons (Fsp3) is 0.164. The van der Waals surface area contributed by atoms with Crippen LogP contribution in [0.4, 0.5) is 17.1 Å². The van der Waals surface area contributed by atoms with Crippen molar-refractivity contribution in [1.29, 1.82) is 0 Å². The van der Waals surface area contributed by atoms with Crippen LogP contribution in [0.25, 0.3) is 33.0 Å². The lowest BCUT2D eigenvalue weighted by Gasteiger charge is -2.36. The average Bonchev–Trinajstić information content (AvgIpc) is 3.98. The third-order valence-electron chi connectivity index (χ3n) is 13.6. The third-order valence-corrected chi connectivity index (χ3v) is 13.6. The molecule has 0 spiro atoms. The molecule has 3 aliphatic rings. The molecule has 2 fully saturated rings. The maximum absolute atomic E-state index is 2.64. The number of aryl methyl sites for hydroxylation is 1. The molecule has 0 aliphatic heterocycles. The molecule has 0 saturated heterocycles. The van der Waals surface area contributed by atoms with E-state index in [1.807, 2.05) is 0 Å². The van der Waals surface area contributed by atoms with E-state index in [0.717, 1.165) is 11.8 Å². The summed E-state index contributed by atoms with van der Waals surface area (Å²) in [7, 11) is 0. The van der Waals surface area contributed by atoms with E-state index in [-0.39, 0.29) is 0 Å². The largest absolute Gasteiger partial charge is 0.310 e. The van der Waals surface area contributed by atoms with E-state index < -0.39 is 5.41 Å². The molecule has 8 aromatic carbocycles. The van der Waals surface area contributed by atoms with Crippen molar-refractivity contribution >= 4 is 27.8 Å². The number of anilines is 3. The second-order valence-corrected chi connectivity index (χ2v) is 16.5. The molecule has 3 aliphatic carbocycles. The molecule has 0 N–H and O–H groups in total. The highest BCUT2D eigenvalue weighted by atomic mass is 15.1. The van der Waals surface area contributed by atoms with Crippen molar-refractivity contribution < 1.29 is 0 Å². The first-order valence-electron chi connectivity index (χ1n) is 20.5. The highest BCUT2D eigenvalue weighted by Crippen LogP contribution is 2.59. The molecule has 56 heavy (non-hydrogen) atoms. The van der Waals surface area contributed by atoms with E-state index in [9.17, 15) is 0 Å². The van der Waals surface area contributed by atoms with Crippen LogP contribution >= 0.6 is 0 Å². The Labute approximate surface area is 330 Å². The van der Waals surface area contributed by atoms with Gasteiger partial charge in [0.1, 0.15) is 0 Å². The van der Waals surface area contributed by atoms with Crippen LogP contribution in [-0.2, 0) is 5.41 Å². The van der Waals surface area contributed by atoms with Crippen LogP contribution in [0.15, 0.2) is 188 Å². The first-order chi connectivity index (χ1) is 27.7. The Balaban J connectivity index is 1.23. The zero-order chi connectivity index (χ0) is 37.2. The number of hydrogen-bond acceptors (Lipinski definition) is 1. The van der Waals surface area contributed by atoms with Gasteiger partial charge in [-0.2, -0.15) is 0 Å². The molecular formula is C55H45N. The van der Waals surface area contributed by atoms with Crippen LogP contribution in [0, 0.1) is 18.8 Å². The zero-order valence-electron chi connectivity index (χ0n) is 31.9. The summed E-state index contributed by atoms with van der Waals surface area (Å²) >= 11 is 0. The molecule has 2 bridgehead atoms. The van der Waals surface area contributed by atoms with Crippen molar-refractivity contribution in [2.75, 3.05) is 4.90 Å². The summed E-state index contributed by atoms with van der Waals surface area (Å²) in [5.41, 5.74) is 16.4. The summed E-state index contributed by atoms with van der Waals surface area (Å²) in [6, 6.07) is 70.9. The van der Waals surface area contributed by atoms with Gasteiger partial charge in [0.15, 0.2) is 0 Å². The fourth-order valence-electron chi connectivity index (χ4n) is 11.1. The van der Waals surface area contributed by atoms with Crippen molar-refractivity contribution in [3.63, 3.8) is 0 Å². The standard InChI is InChI=1S/C55H45N/c1-37-16-8-11-23-45(37)50-34-39-17-9-10-18-40(39)35-54(50)56(53-27-15-13-25-48(53)49-33-38-28-29-41(49)32-38)44-30-31-47-46-24-12-14-26-51(46)55(52(47)36-44,42-19-4-2-5-20-42)43-21-6-3-7-22-43/h2-27,30-31,34-36,38,41,49H,28-29,32-33H2,1H3. The number of nitrogens with zero attached hydrogens (tertiary/aromatic N) is 1. The van der Waals surface area contributed by atoms with Crippen LogP contribution in [0.3, 0.4) is 0 Å². The third kappa shape index (κ3) is 5.07. The molecule has 2 saturated carbocycles. The van der Waals surface area contributed by atoms with Crippen molar-refractivity contribution in [1.82, 2.24) is 0 Å². The molecule has 270 valence electrons. The van der Waals surface area contributed by atoms with E-state index in [0.29, 0.717) is 5.92 Å². The highest BCUT2D eigenvalue weighted by Gasteiger charge is 2.47. The normalized spacial score (nSPS) is 18.8. The van der Waals surface area contributed by atoms with E-state index in [4.69, 9.17) is 0 Å². The zero-order valence-corrected chi connectivity index (χ0v) is 31.9. The number of fused-ring (bicyclic) bond motifs is 6. The minimum atomic E-state index is -0.484. The van der Waals surface area contributed by atoms with Crippen molar-refractivity contribution in [2.45, 2.75) is 43.9 Å². The van der Waals surface area contributed by atoms with Crippen molar-refractivity contribution in [3.8, 4) is 22.3 Å². The summed E-state index contributed by atoms with van der Waals surface area (Å²) in [5.74, 6) is 2.18. The van der Waals surface area contributed by atoms with Crippen LogP contribution in [0.1, 0.15) is 65.0 Å². The van der Waals surface area contributed by atoms with Crippen LogP contribution in [-0.4, -0.2) is 0 Å². The van der Waals surface area contributed by atoms with Gasteiger partial charge in [-0.1, -0.05) is 164 Å². The summed E-state index contributed by atoms with van der Waals surface area (Å²) < 4.78 is 0. The second-order valence-electron chi connectivity index (χ2n) is 16.5. The van der Waals surface area contributed by atoms with Gasteiger partial charge in [0.05, 0.1) is 11.1 Å². The minimum absolute atomic E-state index is 0.484. The maximum Gasteiger partial charge on any atom is 0.0714 e. The van der Waals surface area contributed by atoms with Gasteiger partial charge < -0.3 is 4.90 Å². The van der Waals surface area contributed by atoms with Gasteiger partial charge in [-0.3, -0.25) is 0 Å². The number of rotatable bonds is 7. The van der Waals surface area contributed by atoms with Gasteiger partial charge >= 0.3 is 0 Å². The van der Waals surface area contributed by atoms with Crippen LogP contribution in [0.2, 0.25) is 0 Å². The lowest BCUT2D eigenvalue weighted by molar-refractivity contribution is 0.420. The van der Waals surface area contributed by atoms with Gasteiger partial charge in [0.25, 0.3) is 0 Å². The van der Waals surface area contributed by atoms with Gasteiger partial charge in [0, 0.05) is 16.9 Å². The lowest BCUT2D eigenvalue weighted by atomic mass is 9.67. The smallest absolute Gasteiger partial charge is 0.0714 e. The Hall–Kier alpha value is -6.18. The molecule has 11 rings (SSSR count). The average molecular weight is 720 g/mol. The molecule has 3 atom stereocenters. The van der Waals surface area contributed by atoms with Gasteiger partial charge in [-0.05, 0) is 135 Å². The topological polar surface area (TPSA) is 3.24 Å². The maximum atomic E-state index is 2.64. The Morgan fingerprint density at radius 3 is 1.80 bits per heavy atom. The van der Waals surface area contributed by atoms with Gasteiger partial charge in [-0.25, -0.2) is 0 Å². The summed E-state index contributed by atoms with van der Waals surface area (Å²) in [5, 5.41) is 2.51. The fourth-order valence-corrected chi connectivity index (χ4v) is 11.1. The summed E-state index contributed by atoms with van der Waals surface area (Å²) in [6.07, 6.45) is 5.41. The van der Waals surface area contributed by atoms with Crippen molar-refractivity contribution in [2.24, 2.45) is 11.8 Å². The quantitative estimate of drug-likeness (QED) is 0.159. The Kier molecular flexibility index (Phi) is 7.85. The van der Waals surface area contributed by atoms with E-state index in [1.54, 1.807) is 0 Å². The summed E-state index contributed by atoms with van der Waals surface area (Å²) in [4.78, 5) is 2.64. The lowest BCUT2D eigenvalue weighted by Crippen LogP contribution is -2.28. The molecular weight excluding hydrogens is 675 g/mol.